The van der Waals surface area contributed by atoms with Crippen LogP contribution in [-0.4, -0.2) is 23.5 Å². The van der Waals surface area contributed by atoms with Crippen LogP contribution in [0.2, 0.25) is 0 Å². The van der Waals surface area contributed by atoms with Crippen LogP contribution < -0.4 is 16.4 Å². The molecule has 1 heterocycles. The minimum Gasteiger partial charge on any atom is -0.382 e. The van der Waals surface area contributed by atoms with E-state index in [0.29, 0.717) is 23.3 Å². The molecule has 0 spiro atoms. The second-order valence-electron chi connectivity index (χ2n) is 5.68. The summed E-state index contributed by atoms with van der Waals surface area (Å²) in [5.74, 6) is 0.242. The van der Waals surface area contributed by atoms with Crippen LogP contribution in [0.15, 0.2) is 0 Å². The summed E-state index contributed by atoms with van der Waals surface area (Å²) in [7, 11) is 0. The fourth-order valence-corrected chi connectivity index (χ4v) is 3.02. The van der Waals surface area contributed by atoms with E-state index in [2.05, 4.69) is 22.5 Å². The lowest BCUT2D eigenvalue weighted by Crippen LogP contribution is -2.24. The van der Waals surface area contributed by atoms with Crippen molar-refractivity contribution in [3.8, 4) is 0 Å². The largest absolute Gasteiger partial charge is 0.382 e. The molecule has 0 atom stereocenters. The van der Waals surface area contributed by atoms with Gasteiger partial charge in [-0.1, -0.05) is 50.4 Å². The summed E-state index contributed by atoms with van der Waals surface area (Å²) in [5, 5.41) is 6.98. The molecule has 5 nitrogen and oxygen atoms in total. The number of nitrogens with zero attached hydrogens (tertiary/aromatic N) is 1. The van der Waals surface area contributed by atoms with Crippen molar-refractivity contribution in [1.82, 2.24) is 10.3 Å². The van der Waals surface area contributed by atoms with Gasteiger partial charge in [-0.15, -0.1) is 0 Å². The number of carbonyl (C=O) groups is 1. The number of hydrogen-bond donors (Lipinski definition) is 3. The van der Waals surface area contributed by atoms with Crippen molar-refractivity contribution in [3.63, 3.8) is 0 Å². The van der Waals surface area contributed by atoms with Crippen LogP contribution in [0, 0.1) is 0 Å². The molecule has 0 saturated heterocycles. The summed E-state index contributed by atoms with van der Waals surface area (Å²) in [6, 6.07) is 0.523. The highest BCUT2D eigenvalue weighted by Crippen LogP contribution is 2.30. The quantitative estimate of drug-likeness (QED) is 0.579. The van der Waals surface area contributed by atoms with Gasteiger partial charge < -0.3 is 16.4 Å². The molecule has 118 valence electrons. The van der Waals surface area contributed by atoms with Gasteiger partial charge in [0.15, 0.2) is 5.13 Å². The Morgan fingerprint density at radius 2 is 2.00 bits per heavy atom. The average Bonchev–Trinajstić information content (AvgIpc) is 3.19. The van der Waals surface area contributed by atoms with E-state index in [9.17, 15) is 4.79 Å². The number of anilines is 2. The first-order chi connectivity index (χ1) is 10.2. The van der Waals surface area contributed by atoms with Gasteiger partial charge in [0.05, 0.1) is 0 Å². The fourth-order valence-electron chi connectivity index (χ4n) is 2.15. The Bertz CT molecular complexity index is 457. The SMILES string of the molecule is CCCCCCCCNC(=O)c1sc(NC2CC2)nc1N. The number of hydrogen-bond acceptors (Lipinski definition) is 5. The molecule has 1 aliphatic rings. The maximum atomic E-state index is 12.1. The molecular formula is C15H26N4OS. The summed E-state index contributed by atoms with van der Waals surface area (Å²) >= 11 is 1.35. The lowest BCUT2D eigenvalue weighted by molar-refractivity contribution is 0.0957. The van der Waals surface area contributed by atoms with Crippen LogP contribution in [0.5, 0.6) is 0 Å². The molecule has 1 amide bonds. The highest BCUT2D eigenvalue weighted by atomic mass is 32.1. The minimum absolute atomic E-state index is 0.0950. The standard InChI is InChI=1S/C15H26N4OS/c1-2-3-4-5-6-7-10-17-14(20)12-13(16)19-15(21-12)18-11-8-9-11/h11H,2-10,16H2,1H3,(H,17,20)(H,18,19). The Labute approximate surface area is 130 Å². The van der Waals surface area contributed by atoms with Crippen LogP contribution in [0.3, 0.4) is 0 Å². The maximum absolute atomic E-state index is 12.1. The zero-order valence-electron chi connectivity index (χ0n) is 12.8. The smallest absolute Gasteiger partial charge is 0.265 e. The maximum Gasteiger partial charge on any atom is 0.265 e. The molecule has 21 heavy (non-hydrogen) atoms. The van der Waals surface area contributed by atoms with Gasteiger partial charge in [0.25, 0.3) is 5.91 Å². The Kier molecular flexibility index (Phi) is 6.29. The van der Waals surface area contributed by atoms with Crippen molar-refractivity contribution < 1.29 is 4.79 Å². The predicted octanol–water partition coefficient (Wildman–Crippen LogP) is 3.39. The van der Waals surface area contributed by atoms with E-state index >= 15 is 0 Å². The van der Waals surface area contributed by atoms with E-state index in [1.54, 1.807) is 0 Å². The third-order valence-electron chi connectivity index (χ3n) is 3.58. The number of thiazole rings is 1. The van der Waals surface area contributed by atoms with E-state index < -0.39 is 0 Å². The molecule has 6 heteroatoms. The van der Waals surface area contributed by atoms with Crippen molar-refractivity contribution in [2.75, 3.05) is 17.6 Å². The zero-order chi connectivity index (χ0) is 15.1. The molecule has 0 radical (unpaired) electrons. The predicted molar refractivity (Wildman–Crippen MR) is 88.9 cm³/mol. The molecule has 0 aromatic carbocycles. The Morgan fingerprint density at radius 1 is 1.29 bits per heavy atom. The molecule has 1 fully saturated rings. The summed E-state index contributed by atoms with van der Waals surface area (Å²) in [6.07, 6.45) is 9.68. The van der Waals surface area contributed by atoms with Gasteiger partial charge in [0, 0.05) is 12.6 Å². The molecule has 0 unspecified atom stereocenters. The molecule has 0 aliphatic heterocycles. The summed E-state index contributed by atoms with van der Waals surface area (Å²) in [4.78, 5) is 16.8. The third kappa shape index (κ3) is 5.53. The fraction of sp³-hybridized carbons (Fsp3) is 0.733. The van der Waals surface area contributed by atoms with E-state index in [0.717, 1.165) is 11.6 Å². The number of nitrogen functional groups attached to an aromatic ring is 1. The highest BCUT2D eigenvalue weighted by molar-refractivity contribution is 7.18. The van der Waals surface area contributed by atoms with Crippen LogP contribution >= 0.6 is 11.3 Å². The lowest BCUT2D eigenvalue weighted by atomic mass is 10.1. The first-order valence-corrected chi connectivity index (χ1v) is 8.83. The first kappa shape index (κ1) is 16.1. The van der Waals surface area contributed by atoms with Crippen molar-refractivity contribution in [3.05, 3.63) is 4.88 Å². The molecule has 1 aliphatic carbocycles. The van der Waals surface area contributed by atoms with Crippen LogP contribution in [-0.2, 0) is 0 Å². The Hall–Kier alpha value is -1.30. The normalized spacial score (nSPS) is 14.1. The molecule has 2 rings (SSSR count). The Balaban J connectivity index is 1.66. The highest BCUT2D eigenvalue weighted by Gasteiger charge is 2.24. The van der Waals surface area contributed by atoms with E-state index in [4.69, 9.17) is 5.73 Å². The molecular weight excluding hydrogens is 284 g/mol. The van der Waals surface area contributed by atoms with E-state index in [-0.39, 0.29) is 5.91 Å². The number of unbranched alkanes of at least 4 members (excludes halogenated alkanes) is 5. The van der Waals surface area contributed by atoms with Gasteiger partial charge in [-0.05, 0) is 19.3 Å². The first-order valence-electron chi connectivity index (χ1n) is 8.01. The lowest BCUT2D eigenvalue weighted by Gasteiger charge is -2.04. The van der Waals surface area contributed by atoms with Crippen molar-refractivity contribution in [2.24, 2.45) is 0 Å². The second-order valence-corrected chi connectivity index (χ2v) is 6.67. The van der Waals surface area contributed by atoms with Crippen molar-refractivity contribution >= 4 is 28.2 Å². The number of aromatic nitrogens is 1. The number of nitrogens with two attached hydrogens (primary N) is 1. The molecule has 0 bridgehead atoms. The molecule has 4 N–H and O–H groups in total. The topological polar surface area (TPSA) is 80.0 Å². The van der Waals surface area contributed by atoms with E-state index in [1.807, 2.05) is 0 Å². The summed E-state index contributed by atoms with van der Waals surface area (Å²) in [5.41, 5.74) is 5.82. The van der Waals surface area contributed by atoms with Crippen LogP contribution in [0.25, 0.3) is 0 Å². The van der Waals surface area contributed by atoms with Crippen molar-refractivity contribution in [2.45, 2.75) is 64.3 Å². The second kappa shape index (κ2) is 8.22. The average molecular weight is 310 g/mol. The van der Waals surface area contributed by atoms with Gasteiger partial charge >= 0.3 is 0 Å². The van der Waals surface area contributed by atoms with Crippen LogP contribution in [0.1, 0.15) is 68.0 Å². The number of carbonyl (C=O) groups excluding carboxylic acids is 1. The van der Waals surface area contributed by atoms with E-state index in [1.165, 1.54) is 56.3 Å². The van der Waals surface area contributed by atoms with Crippen molar-refractivity contribution in [1.29, 1.82) is 0 Å². The molecule has 1 aromatic rings. The van der Waals surface area contributed by atoms with Gasteiger partial charge in [-0.3, -0.25) is 4.79 Å². The number of amides is 1. The third-order valence-corrected chi connectivity index (χ3v) is 4.58. The van der Waals surface area contributed by atoms with Gasteiger partial charge in [-0.25, -0.2) is 4.98 Å². The molecule has 1 saturated carbocycles. The Morgan fingerprint density at radius 3 is 2.71 bits per heavy atom. The molecule has 1 aromatic heterocycles. The summed E-state index contributed by atoms with van der Waals surface area (Å²) < 4.78 is 0. The summed E-state index contributed by atoms with van der Waals surface area (Å²) in [6.45, 7) is 2.93. The van der Waals surface area contributed by atoms with Gasteiger partial charge in [0.2, 0.25) is 0 Å². The van der Waals surface area contributed by atoms with Gasteiger partial charge in [-0.2, -0.15) is 0 Å². The zero-order valence-corrected chi connectivity index (χ0v) is 13.6. The monoisotopic (exact) mass is 310 g/mol. The minimum atomic E-state index is -0.0950. The number of nitrogens with one attached hydrogen (secondary N) is 2. The van der Waals surface area contributed by atoms with Gasteiger partial charge in [0.1, 0.15) is 10.7 Å². The van der Waals surface area contributed by atoms with Crippen LogP contribution in [0.4, 0.5) is 10.9 Å². The number of rotatable bonds is 10.